The fourth-order valence-electron chi connectivity index (χ4n) is 4.66. The van der Waals surface area contributed by atoms with Gasteiger partial charge in [0.25, 0.3) is 0 Å². The number of benzene rings is 3. The van der Waals surface area contributed by atoms with Gasteiger partial charge >= 0.3 is 0 Å². The molecule has 0 saturated carbocycles. The van der Waals surface area contributed by atoms with Crippen LogP contribution in [0.1, 0.15) is 11.6 Å². The van der Waals surface area contributed by atoms with Crippen LogP contribution >= 0.6 is 0 Å². The van der Waals surface area contributed by atoms with Gasteiger partial charge in [-0.25, -0.2) is 14.4 Å². The number of nitrogens with zero attached hydrogens (tertiary/aromatic N) is 5. The summed E-state index contributed by atoms with van der Waals surface area (Å²) >= 11 is 0. The summed E-state index contributed by atoms with van der Waals surface area (Å²) in [7, 11) is 0. The molecule has 0 atom stereocenters. The third-order valence-electron chi connectivity index (χ3n) is 6.22. The first kappa shape index (κ1) is 19.9. The average molecular weight is 442 g/mol. The number of aromatic amines is 1. The van der Waals surface area contributed by atoms with Crippen LogP contribution in [0.3, 0.4) is 0 Å². The molecule has 2 aromatic heterocycles. The molecule has 3 heterocycles. The number of halogens is 1. The van der Waals surface area contributed by atoms with Crippen molar-refractivity contribution in [2.75, 3.05) is 31.2 Å². The zero-order valence-corrected chi connectivity index (χ0v) is 18.5. The number of hydrogen-bond acceptors (Lipinski definition) is 5. The second-order valence-electron chi connectivity index (χ2n) is 8.31. The van der Waals surface area contributed by atoms with E-state index < -0.39 is 0 Å². The van der Waals surface area contributed by atoms with Gasteiger partial charge in [0.1, 0.15) is 23.0 Å². The molecule has 0 bridgehead atoms. The van der Waals surface area contributed by atoms with Crippen LogP contribution in [0.25, 0.3) is 38.9 Å². The molecule has 1 fully saturated rings. The van der Waals surface area contributed by atoms with E-state index >= 15 is 0 Å². The normalized spacial score (nSPS) is 14.5. The zero-order chi connectivity index (χ0) is 22.5. The highest BCUT2D eigenvalue weighted by Gasteiger charge is 2.22. The van der Waals surface area contributed by atoms with Gasteiger partial charge in [-0.2, -0.15) is 5.10 Å². The number of aryl methyl sites for hydroxylation is 2. The molecule has 1 aliphatic rings. The first-order valence-corrected chi connectivity index (χ1v) is 11.0. The molecule has 0 radical (unpaired) electrons. The maximum atomic E-state index is 14.6. The van der Waals surface area contributed by atoms with E-state index in [1.165, 1.54) is 6.07 Å². The van der Waals surface area contributed by atoms with Gasteiger partial charge in [0, 0.05) is 29.5 Å². The van der Waals surface area contributed by atoms with Crippen LogP contribution in [0.2, 0.25) is 0 Å². The molecule has 1 N–H and O–H groups in total. The molecule has 33 heavy (non-hydrogen) atoms. The van der Waals surface area contributed by atoms with Gasteiger partial charge in [0.2, 0.25) is 0 Å². The van der Waals surface area contributed by atoms with E-state index in [2.05, 4.69) is 36.8 Å². The van der Waals surface area contributed by atoms with Crippen LogP contribution in [-0.4, -0.2) is 51.0 Å². The highest BCUT2D eigenvalue weighted by Crippen LogP contribution is 2.36. The van der Waals surface area contributed by atoms with Crippen molar-refractivity contribution in [1.82, 2.24) is 24.7 Å². The van der Waals surface area contributed by atoms with Gasteiger partial charge in [0.15, 0.2) is 5.82 Å². The fraction of sp³-hybridized carbons (Fsp3) is 0.240. The van der Waals surface area contributed by atoms with Gasteiger partial charge in [0.05, 0.1) is 30.0 Å². The van der Waals surface area contributed by atoms with Crippen LogP contribution in [0.4, 0.5) is 10.1 Å². The average Bonchev–Trinajstić information content (AvgIpc) is 3.42. The quantitative estimate of drug-likeness (QED) is 0.444. The minimum Gasteiger partial charge on any atom is -0.378 e. The highest BCUT2D eigenvalue weighted by atomic mass is 19.1. The number of aromatic nitrogens is 5. The smallest absolute Gasteiger partial charge is 0.183 e. The van der Waals surface area contributed by atoms with Crippen molar-refractivity contribution < 1.29 is 9.13 Å². The number of rotatable bonds is 3. The molecule has 166 valence electrons. The molecule has 0 spiro atoms. The SMILES string of the molecule is Cc1nc(-c2cc(N3CCOCC3)cc3c2nc(C)n3-c2ccc(F)c3ccccc23)n[nH]1. The summed E-state index contributed by atoms with van der Waals surface area (Å²) in [5, 5.41) is 8.79. The number of nitrogens with one attached hydrogen (secondary N) is 1. The van der Waals surface area contributed by atoms with E-state index in [9.17, 15) is 4.39 Å². The van der Waals surface area contributed by atoms with E-state index in [1.54, 1.807) is 0 Å². The zero-order valence-electron chi connectivity index (χ0n) is 18.5. The van der Waals surface area contributed by atoms with E-state index in [4.69, 9.17) is 9.72 Å². The summed E-state index contributed by atoms with van der Waals surface area (Å²) in [6.07, 6.45) is 0. The maximum absolute atomic E-state index is 14.6. The van der Waals surface area contributed by atoms with E-state index in [-0.39, 0.29) is 5.82 Å². The summed E-state index contributed by atoms with van der Waals surface area (Å²) in [6.45, 7) is 6.85. The van der Waals surface area contributed by atoms with Gasteiger partial charge in [-0.1, -0.05) is 24.3 Å². The maximum Gasteiger partial charge on any atom is 0.183 e. The van der Waals surface area contributed by atoms with Crippen molar-refractivity contribution in [3.8, 4) is 17.1 Å². The van der Waals surface area contributed by atoms with Crippen LogP contribution in [0, 0.1) is 19.7 Å². The molecule has 0 amide bonds. The van der Waals surface area contributed by atoms with Gasteiger partial charge in [-0.3, -0.25) is 9.67 Å². The first-order valence-electron chi connectivity index (χ1n) is 11.0. The Kier molecular flexibility index (Phi) is 4.62. The number of fused-ring (bicyclic) bond motifs is 2. The summed E-state index contributed by atoms with van der Waals surface area (Å²) in [6, 6.07) is 15.2. The number of morpholine rings is 1. The predicted molar refractivity (Wildman–Crippen MR) is 126 cm³/mol. The lowest BCUT2D eigenvalue weighted by Crippen LogP contribution is -2.36. The Balaban J connectivity index is 1.66. The topological polar surface area (TPSA) is 71.9 Å². The second-order valence-corrected chi connectivity index (χ2v) is 8.31. The number of anilines is 1. The largest absolute Gasteiger partial charge is 0.378 e. The number of ether oxygens (including phenoxy) is 1. The third-order valence-corrected chi connectivity index (χ3v) is 6.22. The van der Waals surface area contributed by atoms with Crippen LogP contribution in [-0.2, 0) is 4.74 Å². The molecule has 6 rings (SSSR count). The van der Waals surface area contributed by atoms with Gasteiger partial charge < -0.3 is 9.64 Å². The fourth-order valence-corrected chi connectivity index (χ4v) is 4.66. The number of imidazole rings is 1. The Bertz CT molecular complexity index is 1500. The number of H-pyrrole nitrogens is 1. The van der Waals surface area contributed by atoms with Crippen molar-refractivity contribution in [3.63, 3.8) is 0 Å². The third kappa shape index (κ3) is 3.25. The lowest BCUT2D eigenvalue weighted by Gasteiger charge is -2.29. The van der Waals surface area contributed by atoms with Gasteiger partial charge in [-0.05, 0) is 38.1 Å². The number of hydrogen-bond donors (Lipinski definition) is 1. The van der Waals surface area contributed by atoms with Crippen LogP contribution in [0.5, 0.6) is 0 Å². The first-order chi connectivity index (χ1) is 16.1. The molecule has 7 nitrogen and oxygen atoms in total. The molecule has 1 saturated heterocycles. The molecule has 8 heteroatoms. The van der Waals surface area contributed by atoms with E-state index in [1.807, 2.05) is 44.2 Å². The summed E-state index contributed by atoms with van der Waals surface area (Å²) in [5.74, 6) is 1.94. The minimum atomic E-state index is -0.234. The van der Waals surface area contributed by atoms with E-state index in [0.717, 1.165) is 58.1 Å². The molecule has 5 aromatic rings. The van der Waals surface area contributed by atoms with Crippen molar-refractivity contribution in [2.24, 2.45) is 0 Å². The van der Waals surface area contributed by atoms with E-state index in [0.29, 0.717) is 24.4 Å². The Labute approximate surface area is 189 Å². The van der Waals surface area contributed by atoms with Crippen molar-refractivity contribution in [1.29, 1.82) is 0 Å². The molecule has 3 aromatic carbocycles. The lowest BCUT2D eigenvalue weighted by molar-refractivity contribution is 0.122. The van der Waals surface area contributed by atoms with Crippen LogP contribution < -0.4 is 4.90 Å². The lowest BCUT2D eigenvalue weighted by atomic mass is 10.1. The van der Waals surface area contributed by atoms with Crippen LogP contribution in [0.15, 0.2) is 48.5 Å². The molecular formula is C25H23FN6O. The van der Waals surface area contributed by atoms with Crippen molar-refractivity contribution in [2.45, 2.75) is 13.8 Å². The predicted octanol–water partition coefficient (Wildman–Crippen LogP) is 4.56. The Morgan fingerprint density at radius 3 is 2.52 bits per heavy atom. The monoisotopic (exact) mass is 442 g/mol. The minimum absolute atomic E-state index is 0.234. The molecular weight excluding hydrogens is 419 g/mol. The summed E-state index contributed by atoms with van der Waals surface area (Å²) < 4.78 is 22.2. The molecule has 0 unspecified atom stereocenters. The summed E-state index contributed by atoms with van der Waals surface area (Å²) in [5.41, 5.74) is 4.58. The second kappa shape index (κ2) is 7.67. The molecule has 1 aliphatic heterocycles. The van der Waals surface area contributed by atoms with Gasteiger partial charge in [-0.15, -0.1) is 0 Å². The van der Waals surface area contributed by atoms with Crippen molar-refractivity contribution in [3.05, 3.63) is 66.0 Å². The Morgan fingerprint density at radius 1 is 0.970 bits per heavy atom. The van der Waals surface area contributed by atoms with Crippen molar-refractivity contribution >= 4 is 27.5 Å². The Hall–Kier alpha value is -3.78. The summed E-state index contributed by atoms with van der Waals surface area (Å²) in [4.78, 5) is 11.8. The standard InChI is InChI=1S/C25H23FN6O/c1-15-27-25(30-29-15)20-13-17(31-9-11-33-12-10-31)14-23-24(20)28-16(2)32(23)22-8-7-21(26)18-5-3-4-6-19(18)22/h3-8,13-14H,9-12H2,1-2H3,(H,27,29,30). The Morgan fingerprint density at radius 2 is 1.76 bits per heavy atom. The molecule has 0 aliphatic carbocycles. The highest BCUT2D eigenvalue weighted by molar-refractivity contribution is 5.98.